The quantitative estimate of drug-likeness (QED) is 0.0321. The minimum absolute atomic E-state index is 0.0171. The third-order valence-electron chi connectivity index (χ3n) is 15.1. The number of carbonyl (C=O) groups is 2. The number of hydrogen-bond donors (Lipinski definition) is 3. The van der Waals surface area contributed by atoms with Gasteiger partial charge < -0.3 is 20.3 Å². The highest BCUT2D eigenvalue weighted by Gasteiger charge is 2.20. The molecule has 70 heavy (non-hydrogen) atoms. The number of rotatable bonds is 60. The smallest absolute Gasteiger partial charge is 0.305 e. The van der Waals surface area contributed by atoms with Crippen molar-refractivity contribution in [1.82, 2.24) is 5.32 Å². The molecule has 0 aliphatic rings. The van der Waals surface area contributed by atoms with E-state index in [0.717, 1.165) is 38.5 Å². The fraction of sp³-hybridized carbons (Fsp3) is 0.938. The lowest BCUT2D eigenvalue weighted by Gasteiger charge is -2.22. The van der Waals surface area contributed by atoms with Crippen LogP contribution in [0.2, 0.25) is 0 Å². The number of hydrogen-bond acceptors (Lipinski definition) is 5. The summed E-state index contributed by atoms with van der Waals surface area (Å²) in [6.45, 7) is 4.97. The lowest BCUT2D eigenvalue weighted by atomic mass is 10.0. The van der Waals surface area contributed by atoms with Gasteiger partial charge in [-0.1, -0.05) is 309 Å². The second-order valence-electron chi connectivity index (χ2n) is 22.1. The largest absolute Gasteiger partial charge is 0.466 e. The zero-order valence-corrected chi connectivity index (χ0v) is 47.5. The Bertz CT molecular complexity index is 1050. The van der Waals surface area contributed by atoms with Crippen LogP contribution in [0.3, 0.4) is 0 Å². The molecule has 0 saturated heterocycles. The Morgan fingerprint density at radius 1 is 0.386 bits per heavy atom. The van der Waals surface area contributed by atoms with Crippen LogP contribution in [0.1, 0.15) is 361 Å². The van der Waals surface area contributed by atoms with Crippen molar-refractivity contribution in [3.05, 3.63) is 12.2 Å². The molecule has 2 atom stereocenters. The molecule has 0 heterocycles. The molecule has 6 nitrogen and oxygen atoms in total. The standard InChI is InChI=1S/C64H125NO5/c1-3-5-7-9-11-13-15-17-18-27-31-34-38-42-46-50-54-58-64(69)70-59-55-51-47-43-39-35-32-29-26-24-22-20-19-21-23-25-28-30-33-37-41-45-49-53-57-63(68)65-61(60-66)62(67)56-52-48-44-40-36-16-14-12-10-8-6-4-2/h21,23,61-62,66-67H,3-20,22,24-60H2,1-2H3,(H,65,68)/b23-21-. The van der Waals surface area contributed by atoms with Gasteiger partial charge in [-0.05, 0) is 51.4 Å². The fourth-order valence-electron chi connectivity index (χ4n) is 10.2. The van der Waals surface area contributed by atoms with Gasteiger partial charge in [0.05, 0.1) is 25.4 Å². The maximum Gasteiger partial charge on any atom is 0.305 e. The monoisotopic (exact) mass is 988 g/mol. The van der Waals surface area contributed by atoms with Gasteiger partial charge >= 0.3 is 5.97 Å². The molecule has 0 aliphatic heterocycles. The summed E-state index contributed by atoms with van der Waals surface area (Å²) in [5.41, 5.74) is 0. The Hall–Kier alpha value is -1.40. The van der Waals surface area contributed by atoms with Crippen molar-refractivity contribution in [3.63, 3.8) is 0 Å². The number of nitrogens with one attached hydrogen (secondary N) is 1. The normalized spacial score (nSPS) is 12.6. The van der Waals surface area contributed by atoms with Crippen molar-refractivity contribution in [1.29, 1.82) is 0 Å². The SMILES string of the molecule is CCCCCCCCCCCCCCCCCCCC(=O)OCCCCCCCCCCCCCC/C=C\CCCCCCCCCCC(=O)NC(CO)C(O)CCCCCCCCCCCCCC. The topological polar surface area (TPSA) is 95.9 Å². The van der Waals surface area contributed by atoms with Gasteiger partial charge in [-0.3, -0.25) is 9.59 Å². The van der Waals surface area contributed by atoms with Crippen molar-refractivity contribution in [2.45, 2.75) is 373 Å². The minimum Gasteiger partial charge on any atom is -0.466 e. The molecule has 0 fully saturated rings. The molecule has 1 amide bonds. The van der Waals surface area contributed by atoms with Gasteiger partial charge in [-0.25, -0.2) is 0 Å². The van der Waals surface area contributed by atoms with Crippen molar-refractivity contribution in [2.24, 2.45) is 0 Å². The molecule has 0 radical (unpaired) electrons. The molecule has 0 spiro atoms. The molecule has 0 aliphatic carbocycles. The number of allylic oxidation sites excluding steroid dienone is 2. The summed E-state index contributed by atoms with van der Waals surface area (Å²) in [5, 5.41) is 23.2. The number of unbranched alkanes of at least 4 members (excludes halogenated alkanes) is 47. The second-order valence-corrected chi connectivity index (χ2v) is 22.1. The summed E-state index contributed by atoms with van der Waals surface area (Å²) >= 11 is 0. The Kier molecular flexibility index (Phi) is 59.0. The number of carbonyl (C=O) groups excluding carboxylic acids is 2. The Labute approximate surface area is 438 Å². The van der Waals surface area contributed by atoms with E-state index in [1.165, 1.54) is 289 Å². The summed E-state index contributed by atoms with van der Waals surface area (Å²) in [4.78, 5) is 24.5. The summed E-state index contributed by atoms with van der Waals surface area (Å²) in [5.74, 6) is -0.0212. The van der Waals surface area contributed by atoms with Gasteiger partial charge in [0, 0.05) is 12.8 Å². The van der Waals surface area contributed by atoms with Crippen LogP contribution in [-0.4, -0.2) is 47.4 Å². The first kappa shape index (κ1) is 68.6. The Balaban J connectivity index is 3.36. The average Bonchev–Trinajstić information content (AvgIpc) is 3.36. The zero-order chi connectivity index (χ0) is 50.7. The van der Waals surface area contributed by atoms with E-state index in [0.29, 0.717) is 25.9 Å². The first-order valence-electron chi connectivity index (χ1n) is 31.9. The van der Waals surface area contributed by atoms with Gasteiger partial charge in [0.2, 0.25) is 5.91 Å². The predicted octanol–water partition coefficient (Wildman–Crippen LogP) is 20.0. The van der Waals surface area contributed by atoms with Crippen LogP contribution >= 0.6 is 0 Å². The first-order chi connectivity index (χ1) is 34.5. The first-order valence-corrected chi connectivity index (χ1v) is 31.9. The Morgan fingerprint density at radius 2 is 0.671 bits per heavy atom. The van der Waals surface area contributed by atoms with Gasteiger partial charge in [0.25, 0.3) is 0 Å². The van der Waals surface area contributed by atoms with Gasteiger partial charge in [0.1, 0.15) is 0 Å². The van der Waals surface area contributed by atoms with Crippen LogP contribution in [-0.2, 0) is 14.3 Å². The average molecular weight is 989 g/mol. The predicted molar refractivity (Wildman–Crippen MR) is 306 cm³/mol. The van der Waals surface area contributed by atoms with E-state index >= 15 is 0 Å². The van der Waals surface area contributed by atoms with E-state index in [4.69, 9.17) is 4.74 Å². The number of ether oxygens (including phenoxy) is 1. The fourth-order valence-corrected chi connectivity index (χ4v) is 10.2. The summed E-state index contributed by atoms with van der Waals surface area (Å²) in [7, 11) is 0. The molecular formula is C64H125NO5. The number of aliphatic hydroxyl groups is 2. The summed E-state index contributed by atoms with van der Waals surface area (Å²) in [6.07, 6.45) is 72.3. The molecule has 3 N–H and O–H groups in total. The van der Waals surface area contributed by atoms with Crippen LogP contribution in [0.4, 0.5) is 0 Å². The van der Waals surface area contributed by atoms with Crippen LogP contribution in [0, 0.1) is 0 Å². The molecule has 0 bridgehead atoms. The van der Waals surface area contributed by atoms with E-state index in [-0.39, 0.29) is 18.5 Å². The number of aliphatic hydroxyl groups excluding tert-OH is 2. The van der Waals surface area contributed by atoms with Crippen molar-refractivity contribution >= 4 is 11.9 Å². The maximum atomic E-state index is 12.5. The summed E-state index contributed by atoms with van der Waals surface area (Å²) < 4.78 is 5.50. The molecule has 2 unspecified atom stereocenters. The van der Waals surface area contributed by atoms with Crippen LogP contribution in [0.5, 0.6) is 0 Å². The highest BCUT2D eigenvalue weighted by atomic mass is 16.5. The van der Waals surface area contributed by atoms with E-state index in [1.807, 2.05) is 0 Å². The lowest BCUT2D eigenvalue weighted by Crippen LogP contribution is -2.45. The van der Waals surface area contributed by atoms with Crippen LogP contribution in [0.15, 0.2) is 12.2 Å². The zero-order valence-electron chi connectivity index (χ0n) is 47.5. The molecule has 0 aromatic heterocycles. The second kappa shape index (κ2) is 60.2. The third-order valence-corrected chi connectivity index (χ3v) is 15.1. The van der Waals surface area contributed by atoms with Gasteiger partial charge in [-0.2, -0.15) is 0 Å². The number of amides is 1. The van der Waals surface area contributed by atoms with Gasteiger partial charge in [-0.15, -0.1) is 0 Å². The molecule has 6 heteroatoms. The maximum absolute atomic E-state index is 12.5. The molecule has 0 aromatic rings. The lowest BCUT2D eigenvalue weighted by molar-refractivity contribution is -0.143. The highest BCUT2D eigenvalue weighted by molar-refractivity contribution is 5.76. The van der Waals surface area contributed by atoms with Crippen LogP contribution < -0.4 is 5.32 Å². The van der Waals surface area contributed by atoms with Crippen molar-refractivity contribution < 1.29 is 24.5 Å². The van der Waals surface area contributed by atoms with E-state index < -0.39 is 12.1 Å². The Morgan fingerprint density at radius 3 is 1.01 bits per heavy atom. The van der Waals surface area contributed by atoms with Crippen molar-refractivity contribution in [2.75, 3.05) is 13.2 Å². The van der Waals surface area contributed by atoms with E-state index in [9.17, 15) is 19.8 Å². The molecule has 0 rings (SSSR count). The van der Waals surface area contributed by atoms with Gasteiger partial charge in [0.15, 0.2) is 0 Å². The molecular weight excluding hydrogens is 863 g/mol. The molecule has 0 saturated carbocycles. The van der Waals surface area contributed by atoms with E-state index in [1.54, 1.807) is 0 Å². The van der Waals surface area contributed by atoms with Crippen LogP contribution in [0.25, 0.3) is 0 Å². The van der Waals surface area contributed by atoms with Crippen molar-refractivity contribution in [3.8, 4) is 0 Å². The highest BCUT2D eigenvalue weighted by Crippen LogP contribution is 2.18. The van der Waals surface area contributed by atoms with E-state index in [2.05, 4.69) is 31.3 Å². The molecule has 416 valence electrons. The number of esters is 1. The third kappa shape index (κ3) is 55.9. The summed E-state index contributed by atoms with van der Waals surface area (Å²) in [6, 6.07) is -0.543. The minimum atomic E-state index is -0.665. The molecule has 0 aromatic carbocycles.